The van der Waals surface area contributed by atoms with E-state index in [4.69, 9.17) is 10.2 Å². The lowest BCUT2D eigenvalue weighted by Gasteiger charge is -2.39. The van der Waals surface area contributed by atoms with Crippen molar-refractivity contribution >= 4 is 12.0 Å². The van der Waals surface area contributed by atoms with Crippen LogP contribution in [0.5, 0.6) is 0 Å². The summed E-state index contributed by atoms with van der Waals surface area (Å²) in [6.07, 6.45) is 1.78. The van der Waals surface area contributed by atoms with E-state index in [1.54, 1.807) is 17.0 Å². The molecule has 1 aromatic heterocycles. The zero-order chi connectivity index (χ0) is 17.9. The Labute approximate surface area is 142 Å². The minimum Gasteiger partial charge on any atom is -0.467 e. The molecule has 1 aromatic rings. The first-order chi connectivity index (χ1) is 11.2. The molecule has 2 heterocycles. The number of carboxylic acid groups (broad SMARTS) is 1. The summed E-state index contributed by atoms with van der Waals surface area (Å²) in [4.78, 5) is 27.2. The molecule has 0 spiro atoms. The number of nitrogens with zero attached hydrogens (tertiary/aromatic N) is 2. The van der Waals surface area contributed by atoms with Crippen LogP contribution in [-0.4, -0.2) is 52.1 Å². The van der Waals surface area contributed by atoms with Gasteiger partial charge in [-0.05, 0) is 30.4 Å². The second-order valence-electron chi connectivity index (χ2n) is 7.39. The first kappa shape index (κ1) is 18.3. The van der Waals surface area contributed by atoms with E-state index in [0.717, 1.165) is 0 Å². The number of likely N-dealkylation sites (tertiary alicyclic amines) is 1. The van der Waals surface area contributed by atoms with Crippen molar-refractivity contribution in [2.75, 3.05) is 13.1 Å². The summed E-state index contributed by atoms with van der Waals surface area (Å²) >= 11 is 0. The maximum Gasteiger partial charge on any atom is 0.407 e. The summed E-state index contributed by atoms with van der Waals surface area (Å²) in [5, 5.41) is 9.48. The molecule has 2 rings (SSSR count). The molecular formula is C17H27N3O4. The molecule has 0 aliphatic carbocycles. The van der Waals surface area contributed by atoms with E-state index in [1.807, 2.05) is 20.8 Å². The van der Waals surface area contributed by atoms with Gasteiger partial charge < -0.3 is 20.2 Å². The topological polar surface area (TPSA) is 100 Å². The number of carbonyl (C=O) groups is 2. The second-order valence-corrected chi connectivity index (χ2v) is 7.39. The molecule has 1 atom stereocenters. The highest BCUT2D eigenvalue weighted by atomic mass is 16.4. The van der Waals surface area contributed by atoms with E-state index >= 15 is 0 Å². The molecule has 0 bridgehead atoms. The number of furan rings is 1. The van der Waals surface area contributed by atoms with E-state index in [9.17, 15) is 14.7 Å². The normalized spacial score (nSPS) is 17.6. The Balaban J connectivity index is 1.95. The van der Waals surface area contributed by atoms with Gasteiger partial charge >= 0.3 is 6.09 Å². The highest BCUT2D eigenvalue weighted by Gasteiger charge is 2.35. The van der Waals surface area contributed by atoms with E-state index in [2.05, 4.69) is 0 Å². The molecule has 2 amide bonds. The van der Waals surface area contributed by atoms with Crippen molar-refractivity contribution in [1.82, 2.24) is 9.80 Å². The molecule has 134 valence electrons. The summed E-state index contributed by atoms with van der Waals surface area (Å²) in [6.45, 7) is 7.10. The summed E-state index contributed by atoms with van der Waals surface area (Å²) in [5.41, 5.74) is 5.76. The molecule has 7 heteroatoms. The van der Waals surface area contributed by atoms with Crippen molar-refractivity contribution in [3.8, 4) is 0 Å². The third-order valence-electron chi connectivity index (χ3n) is 4.57. The number of hydrogen-bond donors (Lipinski definition) is 2. The van der Waals surface area contributed by atoms with Crippen LogP contribution in [0.4, 0.5) is 4.79 Å². The average molecular weight is 337 g/mol. The minimum absolute atomic E-state index is 0.0612. The quantitative estimate of drug-likeness (QED) is 0.876. The van der Waals surface area contributed by atoms with Crippen LogP contribution in [0.25, 0.3) is 0 Å². The predicted octanol–water partition coefficient (Wildman–Crippen LogP) is 2.12. The zero-order valence-electron chi connectivity index (χ0n) is 14.6. The highest BCUT2D eigenvalue weighted by molar-refractivity contribution is 5.82. The number of rotatable bonds is 4. The molecule has 0 aromatic carbocycles. The van der Waals surface area contributed by atoms with Gasteiger partial charge in [-0.2, -0.15) is 0 Å². The SMILES string of the molecule is CC(C)(C)[C@H](N)C(=O)N1CCC(N(Cc2ccco2)C(=O)O)CC1. The van der Waals surface area contributed by atoms with Crippen molar-refractivity contribution in [2.24, 2.45) is 11.1 Å². The van der Waals surface area contributed by atoms with Gasteiger partial charge in [0.25, 0.3) is 0 Å². The first-order valence-electron chi connectivity index (χ1n) is 8.26. The van der Waals surface area contributed by atoms with E-state index < -0.39 is 12.1 Å². The minimum atomic E-state index is -0.970. The fraction of sp³-hybridized carbons (Fsp3) is 0.647. The molecule has 0 saturated carbocycles. The predicted molar refractivity (Wildman–Crippen MR) is 89.3 cm³/mol. The van der Waals surface area contributed by atoms with E-state index in [0.29, 0.717) is 31.7 Å². The average Bonchev–Trinajstić information content (AvgIpc) is 3.03. The number of carbonyl (C=O) groups excluding carboxylic acids is 1. The summed E-state index contributed by atoms with van der Waals surface area (Å²) < 4.78 is 5.25. The molecule has 0 unspecified atom stereocenters. The van der Waals surface area contributed by atoms with Crippen molar-refractivity contribution in [1.29, 1.82) is 0 Å². The van der Waals surface area contributed by atoms with Crippen LogP contribution in [0.3, 0.4) is 0 Å². The third-order valence-corrected chi connectivity index (χ3v) is 4.57. The van der Waals surface area contributed by atoms with Crippen LogP contribution < -0.4 is 5.73 Å². The smallest absolute Gasteiger partial charge is 0.407 e. The Morgan fingerprint density at radius 1 is 1.42 bits per heavy atom. The number of piperidine rings is 1. The van der Waals surface area contributed by atoms with Crippen LogP contribution in [0, 0.1) is 5.41 Å². The van der Waals surface area contributed by atoms with Gasteiger partial charge in [0.15, 0.2) is 0 Å². The van der Waals surface area contributed by atoms with Gasteiger partial charge in [-0.15, -0.1) is 0 Å². The Morgan fingerprint density at radius 3 is 2.50 bits per heavy atom. The van der Waals surface area contributed by atoms with E-state index in [-0.39, 0.29) is 23.9 Å². The highest BCUT2D eigenvalue weighted by Crippen LogP contribution is 2.23. The third kappa shape index (κ3) is 4.29. The monoisotopic (exact) mass is 337 g/mol. The molecule has 1 saturated heterocycles. The molecule has 3 N–H and O–H groups in total. The van der Waals surface area contributed by atoms with Gasteiger partial charge in [0.05, 0.1) is 18.8 Å². The number of amides is 2. The largest absolute Gasteiger partial charge is 0.467 e. The van der Waals surface area contributed by atoms with Crippen LogP contribution >= 0.6 is 0 Å². The fourth-order valence-electron chi connectivity index (χ4n) is 2.89. The van der Waals surface area contributed by atoms with Gasteiger partial charge in [-0.3, -0.25) is 9.69 Å². The Bertz CT molecular complexity index is 557. The lowest BCUT2D eigenvalue weighted by Crippen LogP contribution is -2.54. The van der Waals surface area contributed by atoms with Gasteiger partial charge in [-0.25, -0.2) is 4.79 Å². The van der Waals surface area contributed by atoms with Crippen LogP contribution in [-0.2, 0) is 11.3 Å². The van der Waals surface area contributed by atoms with Crippen molar-refractivity contribution in [2.45, 2.75) is 52.2 Å². The molecule has 7 nitrogen and oxygen atoms in total. The lowest BCUT2D eigenvalue weighted by atomic mass is 9.86. The molecular weight excluding hydrogens is 310 g/mol. The maximum absolute atomic E-state index is 12.5. The van der Waals surface area contributed by atoms with Crippen molar-refractivity contribution in [3.05, 3.63) is 24.2 Å². The van der Waals surface area contributed by atoms with Crippen LogP contribution in [0.15, 0.2) is 22.8 Å². The fourth-order valence-corrected chi connectivity index (χ4v) is 2.89. The van der Waals surface area contributed by atoms with Crippen molar-refractivity contribution in [3.63, 3.8) is 0 Å². The molecule has 1 aliphatic rings. The summed E-state index contributed by atoms with van der Waals surface area (Å²) in [7, 11) is 0. The van der Waals surface area contributed by atoms with Gasteiger partial charge in [-0.1, -0.05) is 20.8 Å². The van der Waals surface area contributed by atoms with Crippen LogP contribution in [0.2, 0.25) is 0 Å². The Hall–Kier alpha value is -2.02. The number of hydrogen-bond acceptors (Lipinski definition) is 4. The summed E-state index contributed by atoms with van der Waals surface area (Å²) in [6, 6.07) is 2.83. The second kappa shape index (κ2) is 7.25. The first-order valence-corrected chi connectivity index (χ1v) is 8.26. The van der Waals surface area contributed by atoms with Gasteiger partial charge in [0, 0.05) is 19.1 Å². The summed E-state index contributed by atoms with van der Waals surface area (Å²) in [5.74, 6) is 0.555. The van der Waals surface area contributed by atoms with Gasteiger partial charge in [0.1, 0.15) is 5.76 Å². The van der Waals surface area contributed by atoms with E-state index in [1.165, 1.54) is 11.2 Å². The number of nitrogens with two attached hydrogens (primary N) is 1. The molecule has 24 heavy (non-hydrogen) atoms. The Kier molecular flexibility index (Phi) is 5.54. The Morgan fingerprint density at radius 2 is 2.04 bits per heavy atom. The van der Waals surface area contributed by atoms with Crippen molar-refractivity contribution < 1.29 is 19.1 Å². The van der Waals surface area contributed by atoms with Crippen LogP contribution in [0.1, 0.15) is 39.4 Å². The standard InChI is InChI=1S/C17H27N3O4/c1-17(2,3)14(18)15(21)19-8-6-12(7-9-19)20(16(22)23)11-13-5-4-10-24-13/h4-5,10,12,14H,6-9,11,18H2,1-3H3,(H,22,23)/t14-/m1/s1. The zero-order valence-corrected chi connectivity index (χ0v) is 14.6. The molecule has 0 radical (unpaired) electrons. The molecule has 1 aliphatic heterocycles. The maximum atomic E-state index is 12.5. The molecule has 1 fully saturated rings. The lowest BCUT2D eigenvalue weighted by molar-refractivity contribution is -0.136. The van der Waals surface area contributed by atoms with Gasteiger partial charge in [0.2, 0.25) is 5.91 Å².